The lowest BCUT2D eigenvalue weighted by Gasteiger charge is -2.09. The Morgan fingerprint density at radius 2 is 2.00 bits per heavy atom. The van der Waals surface area contributed by atoms with Crippen LogP contribution < -0.4 is 5.32 Å². The lowest BCUT2D eigenvalue weighted by Crippen LogP contribution is -2.24. The minimum absolute atomic E-state index is 0.146. The summed E-state index contributed by atoms with van der Waals surface area (Å²) in [7, 11) is 0. The number of aromatic nitrogens is 2. The minimum Gasteiger partial charge on any atom is -0.465 e. The lowest BCUT2D eigenvalue weighted by molar-refractivity contribution is -0.139. The smallest absolute Gasteiger partial charge is 0.315 e. The molecule has 0 aliphatic carbocycles. The number of nitrogens with zero attached hydrogens (tertiary/aromatic N) is 2. The van der Waals surface area contributed by atoms with E-state index in [1.54, 1.807) is 13.8 Å². The molecule has 1 heterocycles. The summed E-state index contributed by atoms with van der Waals surface area (Å²) in [6.45, 7) is 5.85. The second-order valence-electron chi connectivity index (χ2n) is 5.03. The van der Waals surface area contributed by atoms with Crippen LogP contribution in [0.15, 0.2) is 24.3 Å². The van der Waals surface area contributed by atoms with E-state index in [9.17, 15) is 9.59 Å². The van der Waals surface area contributed by atoms with E-state index in [4.69, 9.17) is 4.74 Å². The molecule has 24 heavy (non-hydrogen) atoms. The first-order valence-electron chi connectivity index (χ1n) is 7.48. The predicted molar refractivity (Wildman–Crippen MR) is 97.3 cm³/mol. The van der Waals surface area contributed by atoms with Gasteiger partial charge in [0.15, 0.2) is 0 Å². The summed E-state index contributed by atoms with van der Waals surface area (Å²) in [6, 6.07) is 7.95. The molecule has 0 saturated heterocycles. The highest BCUT2D eigenvalue weighted by Gasteiger charge is 2.17. The van der Waals surface area contributed by atoms with Gasteiger partial charge in [0.05, 0.1) is 17.6 Å². The number of nitrogens with one attached hydrogen (secondary N) is 1. The van der Waals surface area contributed by atoms with Gasteiger partial charge in [-0.3, -0.25) is 14.9 Å². The molecule has 0 spiro atoms. The number of ether oxygens (including phenoxy) is 1. The van der Waals surface area contributed by atoms with Crippen LogP contribution in [-0.4, -0.2) is 39.7 Å². The first-order chi connectivity index (χ1) is 11.5. The van der Waals surface area contributed by atoms with Crippen molar-refractivity contribution in [3.63, 3.8) is 0 Å². The maximum Gasteiger partial charge on any atom is 0.315 e. The number of hydrogen-bond acceptors (Lipinski definition) is 7. The van der Waals surface area contributed by atoms with Gasteiger partial charge in [-0.05, 0) is 20.8 Å². The largest absolute Gasteiger partial charge is 0.465 e. The molecule has 1 aromatic carbocycles. The van der Waals surface area contributed by atoms with E-state index in [1.807, 2.05) is 31.2 Å². The average molecular weight is 365 g/mol. The number of aryl methyl sites for hydroxylation is 1. The Morgan fingerprint density at radius 1 is 1.29 bits per heavy atom. The molecule has 1 atom stereocenters. The van der Waals surface area contributed by atoms with Crippen molar-refractivity contribution in [2.45, 2.75) is 26.0 Å². The van der Waals surface area contributed by atoms with Gasteiger partial charge in [-0.2, -0.15) is 0 Å². The van der Waals surface area contributed by atoms with Crippen LogP contribution in [0, 0.1) is 6.92 Å². The molecule has 1 amide bonds. The standard InChI is InChI=1S/C16H19N3O3S2/c1-4-22-13(20)9-23-11(3)14(21)17-16-19-18-15(24-16)12-7-5-10(2)6-8-12/h5-8,11H,4,9H2,1-3H3,(H,17,19,21). The molecule has 0 saturated carbocycles. The number of anilines is 1. The Labute approximate surface area is 149 Å². The molecule has 0 aliphatic heterocycles. The van der Waals surface area contributed by atoms with Gasteiger partial charge < -0.3 is 4.74 Å². The van der Waals surface area contributed by atoms with Crippen LogP contribution in [-0.2, 0) is 14.3 Å². The summed E-state index contributed by atoms with van der Waals surface area (Å²) in [4.78, 5) is 23.4. The van der Waals surface area contributed by atoms with Crippen LogP contribution in [0.3, 0.4) is 0 Å². The van der Waals surface area contributed by atoms with Crippen molar-refractivity contribution in [2.24, 2.45) is 0 Å². The molecular weight excluding hydrogens is 346 g/mol. The van der Waals surface area contributed by atoms with Gasteiger partial charge in [0, 0.05) is 5.56 Å². The van der Waals surface area contributed by atoms with Crippen molar-refractivity contribution in [3.8, 4) is 10.6 Å². The van der Waals surface area contributed by atoms with Gasteiger partial charge in [0.1, 0.15) is 5.01 Å². The van der Waals surface area contributed by atoms with E-state index < -0.39 is 0 Å². The van der Waals surface area contributed by atoms with E-state index in [2.05, 4.69) is 15.5 Å². The van der Waals surface area contributed by atoms with Crippen LogP contribution >= 0.6 is 23.1 Å². The Kier molecular flexibility index (Phi) is 6.74. The van der Waals surface area contributed by atoms with Crippen molar-refractivity contribution in [1.29, 1.82) is 0 Å². The monoisotopic (exact) mass is 365 g/mol. The van der Waals surface area contributed by atoms with Crippen molar-refractivity contribution in [3.05, 3.63) is 29.8 Å². The molecule has 2 rings (SSSR count). The van der Waals surface area contributed by atoms with Gasteiger partial charge in [0.25, 0.3) is 0 Å². The maximum atomic E-state index is 12.1. The number of thioether (sulfide) groups is 1. The van der Waals surface area contributed by atoms with Crippen molar-refractivity contribution in [2.75, 3.05) is 17.7 Å². The van der Waals surface area contributed by atoms with Crippen LogP contribution in [0.25, 0.3) is 10.6 Å². The topological polar surface area (TPSA) is 81.2 Å². The Morgan fingerprint density at radius 3 is 2.67 bits per heavy atom. The summed E-state index contributed by atoms with van der Waals surface area (Å²) in [5, 5.41) is 11.6. The molecule has 0 fully saturated rings. The van der Waals surface area contributed by atoms with Crippen molar-refractivity contribution >= 4 is 40.1 Å². The summed E-state index contributed by atoms with van der Waals surface area (Å²) in [6.07, 6.45) is 0. The molecular formula is C16H19N3O3S2. The highest BCUT2D eigenvalue weighted by Crippen LogP contribution is 2.27. The van der Waals surface area contributed by atoms with E-state index in [0.717, 1.165) is 10.6 Å². The first kappa shape index (κ1) is 18.4. The number of carbonyl (C=O) groups is 2. The summed E-state index contributed by atoms with van der Waals surface area (Å²) >= 11 is 2.54. The number of esters is 1. The predicted octanol–water partition coefficient (Wildman–Crippen LogP) is 3.14. The fraction of sp³-hybridized carbons (Fsp3) is 0.375. The Hall–Kier alpha value is -1.93. The molecule has 0 aliphatic rings. The van der Waals surface area contributed by atoms with E-state index in [-0.39, 0.29) is 22.9 Å². The molecule has 128 valence electrons. The fourth-order valence-corrected chi connectivity index (χ4v) is 3.20. The van der Waals surface area contributed by atoms with Crippen LogP contribution in [0.4, 0.5) is 5.13 Å². The number of rotatable bonds is 7. The zero-order valence-electron chi connectivity index (χ0n) is 13.7. The maximum absolute atomic E-state index is 12.1. The number of amides is 1. The highest BCUT2D eigenvalue weighted by atomic mass is 32.2. The fourth-order valence-electron chi connectivity index (χ4n) is 1.76. The van der Waals surface area contributed by atoms with E-state index in [0.29, 0.717) is 11.7 Å². The van der Waals surface area contributed by atoms with Gasteiger partial charge in [-0.1, -0.05) is 41.2 Å². The minimum atomic E-state index is -0.388. The second-order valence-corrected chi connectivity index (χ2v) is 7.33. The molecule has 0 radical (unpaired) electrons. The normalized spacial score (nSPS) is 11.8. The summed E-state index contributed by atoms with van der Waals surface area (Å²) in [5.74, 6) is -0.386. The quantitative estimate of drug-likeness (QED) is 0.759. The molecule has 0 bridgehead atoms. The van der Waals surface area contributed by atoms with Crippen LogP contribution in [0.1, 0.15) is 19.4 Å². The molecule has 1 unspecified atom stereocenters. The van der Waals surface area contributed by atoms with Gasteiger partial charge >= 0.3 is 5.97 Å². The molecule has 2 aromatic rings. The van der Waals surface area contributed by atoms with Crippen LogP contribution in [0.5, 0.6) is 0 Å². The average Bonchev–Trinajstić information content (AvgIpc) is 3.02. The molecule has 8 heteroatoms. The van der Waals surface area contributed by atoms with Gasteiger partial charge in [-0.25, -0.2) is 0 Å². The van der Waals surface area contributed by atoms with E-state index >= 15 is 0 Å². The van der Waals surface area contributed by atoms with Crippen molar-refractivity contribution in [1.82, 2.24) is 10.2 Å². The lowest BCUT2D eigenvalue weighted by atomic mass is 10.2. The first-order valence-corrected chi connectivity index (χ1v) is 9.34. The SMILES string of the molecule is CCOC(=O)CSC(C)C(=O)Nc1nnc(-c2ccc(C)cc2)s1. The Balaban J connectivity index is 1.90. The van der Waals surface area contributed by atoms with Gasteiger partial charge in [-0.15, -0.1) is 22.0 Å². The van der Waals surface area contributed by atoms with Crippen molar-refractivity contribution < 1.29 is 14.3 Å². The van der Waals surface area contributed by atoms with Crippen LogP contribution in [0.2, 0.25) is 0 Å². The highest BCUT2D eigenvalue weighted by molar-refractivity contribution is 8.01. The molecule has 1 aromatic heterocycles. The Bertz CT molecular complexity index is 701. The van der Waals surface area contributed by atoms with E-state index in [1.165, 1.54) is 28.7 Å². The zero-order valence-corrected chi connectivity index (χ0v) is 15.4. The second kappa shape index (κ2) is 8.79. The third-order valence-electron chi connectivity index (χ3n) is 3.08. The molecule has 6 nitrogen and oxygen atoms in total. The number of hydrogen-bond donors (Lipinski definition) is 1. The molecule has 1 N–H and O–H groups in total. The van der Waals surface area contributed by atoms with Gasteiger partial charge in [0.2, 0.25) is 11.0 Å². The summed E-state index contributed by atoms with van der Waals surface area (Å²) in [5.41, 5.74) is 2.13. The third kappa shape index (κ3) is 5.31. The summed E-state index contributed by atoms with van der Waals surface area (Å²) < 4.78 is 4.84. The third-order valence-corrected chi connectivity index (χ3v) is 5.08. The number of carbonyl (C=O) groups excluding carboxylic acids is 2. The number of benzene rings is 1. The zero-order chi connectivity index (χ0) is 17.5.